The van der Waals surface area contributed by atoms with Crippen molar-refractivity contribution in [1.29, 1.82) is 0 Å². The van der Waals surface area contributed by atoms with Gasteiger partial charge in [-0.15, -0.1) is 0 Å². The van der Waals surface area contributed by atoms with E-state index in [1.54, 1.807) is 33.0 Å². The van der Waals surface area contributed by atoms with Gasteiger partial charge in [-0.2, -0.15) is 0 Å². The Morgan fingerprint density at radius 2 is 2.00 bits per heavy atom. The van der Waals surface area contributed by atoms with Crippen LogP contribution < -0.4 is 9.47 Å². The third-order valence-corrected chi connectivity index (χ3v) is 3.52. The van der Waals surface area contributed by atoms with Crippen molar-refractivity contribution >= 4 is 5.97 Å². The largest absolute Gasteiger partial charge is 0.493 e. The van der Waals surface area contributed by atoms with Gasteiger partial charge < -0.3 is 14.6 Å². The molecule has 0 aliphatic rings. The average molecular weight is 281 g/mol. The molecule has 0 aromatic heterocycles. The molecule has 5 heteroatoms. The van der Waals surface area contributed by atoms with Crippen LogP contribution in [0.1, 0.15) is 19.4 Å². The number of likely N-dealkylation sites (N-methyl/N-ethyl adjacent to an activating group) is 1. The lowest BCUT2D eigenvalue weighted by molar-refractivity contribution is -0.148. The number of rotatable bonds is 7. The number of carbonyl (C=O) groups is 1. The minimum absolute atomic E-state index is 0.387. The highest BCUT2D eigenvalue weighted by atomic mass is 16.5. The lowest BCUT2D eigenvalue weighted by Gasteiger charge is -2.32. The van der Waals surface area contributed by atoms with Gasteiger partial charge in [0.05, 0.1) is 13.7 Å². The maximum absolute atomic E-state index is 11.5. The normalized spacial score (nSPS) is 13.9. The molecule has 0 bridgehead atoms. The minimum atomic E-state index is -0.960. The van der Waals surface area contributed by atoms with E-state index in [9.17, 15) is 9.90 Å². The second-order valence-corrected chi connectivity index (χ2v) is 5.07. The van der Waals surface area contributed by atoms with Crippen molar-refractivity contribution in [3.8, 4) is 11.5 Å². The number of hydrogen-bond acceptors (Lipinski definition) is 4. The quantitative estimate of drug-likeness (QED) is 0.829. The van der Waals surface area contributed by atoms with Gasteiger partial charge in [-0.1, -0.05) is 6.07 Å². The Labute approximate surface area is 120 Å². The van der Waals surface area contributed by atoms with Crippen molar-refractivity contribution in [2.45, 2.75) is 25.8 Å². The molecule has 20 heavy (non-hydrogen) atoms. The van der Waals surface area contributed by atoms with E-state index in [4.69, 9.17) is 9.47 Å². The third-order valence-electron chi connectivity index (χ3n) is 3.52. The van der Waals surface area contributed by atoms with E-state index in [-0.39, 0.29) is 0 Å². The first-order chi connectivity index (χ1) is 9.35. The summed E-state index contributed by atoms with van der Waals surface area (Å²) < 4.78 is 10.7. The number of benzene rings is 1. The van der Waals surface area contributed by atoms with Gasteiger partial charge in [0, 0.05) is 6.42 Å². The van der Waals surface area contributed by atoms with Crippen LogP contribution in [0.5, 0.6) is 11.5 Å². The van der Waals surface area contributed by atoms with Gasteiger partial charge in [0.2, 0.25) is 0 Å². The molecule has 5 nitrogen and oxygen atoms in total. The number of carboxylic acid groups (broad SMARTS) is 1. The summed E-state index contributed by atoms with van der Waals surface area (Å²) in [5.74, 6) is 0.437. The fraction of sp³-hybridized carbons (Fsp3) is 0.533. The highest BCUT2D eigenvalue weighted by molar-refractivity contribution is 5.78. The summed E-state index contributed by atoms with van der Waals surface area (Å²) in [4.78, 5) is 13.2. The maximum Gasteiger partial charge on any atom is 0.324 e. The Morgan fingerprint density at radius 1 is 1.35 bits per heavy atom. The lowest BCUT2D eigenvalue weighted by atomic mass is 9.91. The van der Waals surface area contributed by atoms with E-state index in [1.807, 2.05) is 25.1 Å². The zero-order valence-corrected chi connectivity index (χ0v) is 12.8. The molecule has 0 spiro atoms. The molecular weight excluding hydrogens is 258 g/mol. The minimum Gasteiger partial charge on any atom is -0.493 e. The Kier molecular flexibility index (Phi) is 5.39. The second-order valence-electron chi connectivity index (χ2n) is 5.07. The molecule has 0 saturated heterocycles. The summed E-state index contributed by atoms with van der Waals surface area (Å²) >= 11 is 0. The van der Waals surface area contributed by atoms with E-state index in [2.05, 4.69) is 0 Å². The summed E-state index contributed by atoms with van der Waals surface area (Å²) in [7, 11) is 5.10. The predicted molar refractivity (Wildman–Crippen MR) is 77.6 cm³/mol. The molecule has 1 aromatic rings. The summed E-state index contributed by atoms with van der Waals surface area (Å²) in [5, 5.41) is 9.43. The number of methoxy groups -OCH3 is 1. The molecular formula is C15H23NO4. The van der Waals surface area contributed by atoms with Gasteiger partial charge in [0.15, 0.2) is 11.5 Å². The SMILES string of the molecule is CCOc1ccc(CC(C)(C(=O)O)N(C)C)cc1OC. The molecule has 0 fully saturated rings. The number of ether oxygens (including phenoxy) is 2. The fourth-order valence-corrected chi connectivity index (χ4v) is 1.92. The van der Waals surface area contributed by atoms with Crippen LogP contribution in [0.4, 0.5) is 0 Å². The van der Waals surface area contributed by atoms with E-state index >= 15 is 0 Å². The summed E-state index contributed by atoms with van der Waals surface area (Å²) in [6.45, 7) is 4.17. The zero-order chi connectivity index (χ0) is 15.3. The van der Waals surface area contributed by atoms with E-state index in [0.29, 0.717) is 24.5 Å². The first-order valence-corrected chi connectivity index (χ1v) is 6.55. The highest BCUT2D eigenvalue weighted by Crippen LogP contribution is 2.30. The van der Waals surface area contributed by atoms with Crippen LogP contribution in [0.2, 0.25) is 0 Å². The summed E-state index contributed by atoms with van der Waals surface area (Å²) in [5.41, 5.74) is -0.0677. The number of hydrogen-bond donors (Lipinski definition) is 1. The lowest BCUT2D eigenvalue weighted by Crippen LogP contribution is -2.50. The second kappa shape index (κ2) is 6.61. The maximum atomic E-state index is 11.5. The van der Waals surface area contributed by atoms with Gasteiger partial charge in [-0.05, 0) is 45.6 Å². The first kappa shape index (κ1) is 16.3. The third kappa shape index (κ3) is 3.42. The summed E-state index contributed by atoms with van der Waals surface area (Å²) in [6.07, 6.45) is 0.387. The van der Waals surface area contributed by atoms with Crippen molar-refractivity contribution in [3.63, 3.8) is 0 Å². The molecule has 0 saturated carbocycles. The van der Waals surface area contributed by atoms with Gasteiger partial charge in [0.25, 0.3) is 0 Å². The number of nitrogens with zero attached hydrogens (tertiary/aromatic N) is 1. The predicted octanol–water partition coefficient (Wildman–Crippen LogP) is 2.04. The van der Waals surface area contributed by atoms with Crippen LogP contribution in [0, 0.1) is 0 Å². The molecule has 0 heterocycles. The fourth-order valence-electron chi connectivity index (χ4n) is 1.92. The molecule has 0 amide bonds. The van der Waals surface area contributed by atoms with Gasteiger partial charge in [0.1, 0.15) is 5.54 Å². The van der Waals surface area contributed by atoms with Crippen LogP contribution in [-0.4, -0.2) is 49.3 Å². The molecule has 0 aliphatic carbocycles. The Balaban J connectivity index is 3.06. The van der Waals surface area contributed by atoms with Crippen molar-refractivity contribution in [2.75, 3.05) is 27.8 Å². The van der Waals surface area contributed by atoms with Crippen molar-refractivity contribution in [3.05, 3.63) is 23.8 Å². The molecule has 1 rings (SSSR count). The summed E-state index contributed by atoms with van der Waals surface area (Å²) in [6, 6.07) is 5.52. The average Bonchev–Trinajstić information content (AvgIpc) is 2.40. The standard InChI is InChI=1S/C15H23NO4/c1-6-20-12-8-7-11(9-13(12)19-5)10-15(2,14(17)18)16(3)4/h7-9H,6,10H2,1-5H3,(H,17,18). The Bertz CT molecular complexity index is 473. The topological polar surface area (TPSA) is 59.0 Å². The Morgan fingerprint density at radius 3 is 2.45 bits per heavy atom. The van der Waals surface area contributed by atoms with E-state index in [0.717, 1.165) is 5.56 Å². The van der Waals surface area contributed by atoms with E-state index in [1.165, 1.54) is 0 Å². The van der Waals surface area contributed by atoms with Crippen molar-refractivity contribution < 1.29 is 19.4 Å². The number of aliphatic carboxylic acids is 1. The van der Waals surface area contributed by atoms with Crippen molar-refractivity contribution in [2.24, 2.45) is 0 Å². The van der Waals surface area contributed by atoms with Gasteiger partial charge >= 0.3 is 5.97 Å². The van der Waals surface area contributed by atoms with Crippen molar-refractivity contribution in [1.82, 2.24) is 4.90 Å². The number of carboxylic acids is 1. The van der Waals surface area contributed by atoms with Crippen LogP contribution >= 0.6 is 0 Å². The monoisotopic (exact) mass is 281 g/mol. The van der Waals surface area contributed by atoms with Crippen LogP contribution in [0.3, 0.4) is 0 Å². The van der Waals surface area contributed by atoms with Crippen LogP contribution in [-0.2, 0) is 11.2 Å². The van der Waals surface area contributed by atoms with Gasteiger partial charge in [-0.3, -0.25) is 9.69 Å². The molecule has 1 unspecified atom stereocenters. The van der Waals surface area contributed by atoms with Crippen LogP contribution in [0.15, 0.2) is 18.2 Å². The molecule has 0 aliphatic heterocycles. The molecule has 0 radical (unpaired) electrons. The highest BCUT2D eigenvalue weighted by Gasteiger charge is 2.35. The molecule has 1 atom stereocenters. The molecule has 1 aromatic carbocycles. The van der Waals surface area contributed by atoms with E-state index < -0.39 is 11.5 Å². The smallest absolute Gasteiger partial charge is 0.324 e. The van der Waals surface area contributed by atoms with Gasteiger partial charge in [-0.25, -0.2) is 0 Å². The first-order valence-electron chi connectivity index (χ1n) is 6.55. The Hall–Kier alpha value is -1.75. The molecule has 1 N–H and O–H groups in total. The zero-order valence-electron chi connectivity index (χ0n) is 12.8. The molecule has 112 valence electrons. The van der Waals surface area contributed by atoms with Crippen LogP contribution in [0.25, 0.3) is 0 Å².